The van der Waals surface area contributed by atoms with E-state index in [0.29, 0.717) is 11.3 Å². The van der Waals surface area contributed by atoms with Crippen LogP contribution < -0.4 is 4.74 Å². The zero-order valence-corrected chi connectivity index (χ0v) is 13.5. The van der Waals surface area contributed by atoms with Gasteiger partial charge in [-0.2, -0.15) is 0 Å². The van der Waals surface area contributed by atoms with E-state index in [1.165, 1.54) is 14.0 Å². The highest BCUT2D eigenvalue weighted by molar-refractivity contribution is 5.29. The van der Waals surface area contributed by atoms with Crippen LogP contribution in [0.5, 0.6) is 5.75 Å². The normalized spacial score (nSPS) is 33.0. The Hall–Kier alpha value is -1.26. The minimum atomic E-state index is -1.54. The van der Waals surface area contributed by atoms with E-state index < -0.39 is 49.5 Å². The summed E-state index contributed by atoms with van der Waals surface area (Å²) in [7, 11) is 1.53. The van der Waals surface area contributed by atoms with E-state index in [1.807, 2.05) is 0 Å². The molecule has 0 amide bonds. The Bertz CT molecular complexity index is 503. The zero-order chi connectivity index (χ0) is 17.9. The molecule has 0 unspecified atom stereocenters. The van der Waals surface area contributed by atoms with Crippen molar-refractivity contribution in [2.45, 2.75) is 49.8 Å². The van der Waals surface area contributed by atoms with Crippen LogP contribution in [0.15, 0.2) is 24.3 Å². The second-order valence-electron chi connectivity index (χ2n) is 5.77. The highest BCUT2D eigenvalue weighted by Gasteiger charge is 2.45. The van der Waals surface area contributed by atoms with Crippen LogP contribution in [-0.4, -0.2) is 76.1 Å². The van der Waals surface area contributed by atoms with Gasteiger partial charge in [0.1, 0.15) is 36.3 Å². The molecule has 0 aromatic heterocycles. The average Bonchev–Trinajstić information content (AvgIpc) is 2.59. The van der Waals surface area contributed by atoms with Gasteiger partial charge in [-0.1, -0.05) is 12.1 Å². The highest BCUT2D eigenvalue weighted by Crippen LogP contribution is 2.30. The smallest absolute Gasteiger partial charge is 0.187 e. The predicted molar refractivity (Wildman–Crippen MR) is 82.3 cm³/mol. The van der Waals surface area contributed by atoms with Crippen molar-refractivity contribution in [3.8, 4) is 5.75 Å². The molecular weight excluding hydrogens is 320 g/mol. The van der Waals surface area contributed by atoms with Crippen molar-refractivity contribution in [2.24, 2.45) is 0 Å². The first-order chi connectivity index (χ1) is 11.4. The molecule has 5 N–H and O–H groups in total. The van der Waals surface area contributed by atoms with Gasteiger partial charge < -0.3 is 39.7 Å². The second-order valence-corrected chi connectivity index (χ2v) is 5.77. The van der Waals surface area contributed by atoms with Crippen LogP contribution in [0.4, 0.5) is 0 Å². The van der Waals surface area contributed by atoms with Gasteiger partial charge in [-0.15, -0.1) is 0 Å². The number of methoxy groups -OCH3 is 1. The summed E-state index contributed by atoms with van der Waals surface area (Å²) in [6, 6.07) is 6.78. The van der Waals surface area contributed by atoms with Gasteiger partial charge in [0.15, 0.2) is 6.29 Å². The number of hydrogen-bond acceptors (Lipinski definition) is 8. The maximum atomic E-state index is 10.0. The molecule has 0 radical (unpaired) electrons. The average molecular weight is 344 g/mol. The summed E-state index contributed by atoms with van der Waals surface area (Å²) in [5, 5.41) is 48.8. The molecule has 8 nitrogen and oxygen atoms in total. The van der Waals surface area contributed by atoms with Gasteiger partial charge in [0.2, 0.25) is 0 Å². The van der Waals surface area contributed by atoms with Crippen molar-refractivity contribution < 1.29 is 39.7 Å². The summed E-state index contributed by atoms with van der Waals surface area (Å²) >= 11 is 0. The van der Waals surface area contributed by atoms with Crippen LogP contribution in [0, 0.1) is 0 Å². The first-order valence-corrected chi connectivity index (χ1v) is 7.67. The second kappa shape index (κ2) is 8.21. The molecule has 2 rings (SSSR count). The Labute approximate surface area is 139 Å². The number of hydrogen-bond donors (Lipinski definition) is 5. The van der Waals surface area contributed by atoms with Gasteiger partial charge >= 0.3 is 0 Å². The van der Waals surface area contributed by atoms with E-state index in [4.69, 9.17) is 14.2 Å². The molecule has 0 spiro atoms. The van der Waals surface area contributed by atoms with Crippen molar-refractivity contribution in [3.05, 3.63) is 29.8 Å². The quantitative estimate of drug-likeness (QED) is 0.441. The molecule has 7 atom stereocenters. The fraction of sp³-hybridized carbons (Fsp3) is 0.625. The van der Waals surface area contributed by atoms with E-state index in [1.54, 1.807) is 24.3 Å². The Morgan fingerprint density at radius 1 is 1.08 bits per heavy atom. The predicted octanol–water partition coefficient (Wildman–Crippen LogP) is -1.07. The van der Waals surface area contributed by atoms with E-state index in [9.17, 15) is 25.5 Å². The molecule has 0 saturated carbocycles. The Kier molecular flexibility index (Phi) is 6.53. The first kappa shape index (κ1) is 19.1. The summed E-state index contributed by atoms with van der Waals surface area (Å²) in [4.78, 5) is 0. The summed E-state index contributed by atoms with van der Waals surface area (Å²) in [5.41, 5.74) is 0.614. The first-order valence-electron chi connectivity index (χ1n) is 7.67. The third kappa shape index (κ3) is 4.04. The van der Waals surface area contributed by atoms with Gasteiger partial charge in [-0.25, -0.2) is 0 Å². The monoisotopic (exact) mass is 344 g/mol. The fourth-order valence-corrected chi connectivity index (χ4v) is 2.59. The van der Waals surface area contributed by atoms with Crippen molar-refractivity contribution in [1.82, 2.24) is 0 Å². The van der Waals surface area contributed by atoms with Crippen LogP contribution in [0.2, 0.25) is 0 Å². The van der Waals surface area contributed by atoms with Crippen molar-refractivity contribution in [3.63, 3.8) is 0 Å². The summed E-state index contributed by atoms with van der Waals surface area (Å²) in [6.45, 7) is 0.964. The Balaban J connectivity index is 2.17. The lowest BCUT2D eigenvalue weighted by molar-refractivity contribution is -0.317. The van der Waals surface area contributed by atoms with Crippen LogP contribution >= 0.6 is 0 Å². The molecule has 1 fully saturated rings. The lowest BCUT2D eigenvalue weighted by Gasteiger charge is -2.41. The molecule has 1 aliphatic rings. The third-order valence-electron chi connectivity index (χ3n) is 4.01. The summed E-state index contributed by atoms with van der Waals surface area (Å²) in [6.07, 6.45) is -8.70. The molecule has 0 aliphatic carbocycles. The number of aliphatic hydroxyl groups excluding tert-OH is 5. The van der Waals surface area contributed by atoms with Gasteiger partial charge in [0, 0.05) is 0 Å². The molecule has 136 valence electrons. The molecule has 0 bridgehead atoms. The largest absolute Gasteiger partial charge is 0.497 e. The number of aliphatic hydroxyl groups is 5. The lowest BCUT2D eigenvalue weighted by Crippen LogP contribution is -2.59. The topological polar surface area (TPSA) is 129 Å². The maximum Gasteiger partial charge on any atom is 0.187 e. The summed E-state index contributed by atoms with van der Waals surface area (Å²) in [5.74, 6) is 0.635. The standard InChI is InChI=1S/C16H24O8/c1-8(18)15(9-3-5-10(22-2)6-4-9)24-16-14(21)13(20)12(19)11(7-17)23-16/h3-6,8,11-21H,7H2,1-2H3/t8-,11-,12+,13+,14+,15-,16-/m0/s1. The Morgan fingerprint density at radius 3 is 2.21 bits per heavy atom. The minimum absolute atomic E-state index is 0.549. The van der Waals surface area contributed by atoms with Gasteiger partial charge in [-0.3, -0.25) is 0 Å². The maximum absolute atomic E-state index is 10.0. The summed E-state index contributed by atoms with van der Waals surface area (Å²) < 4.78 is 16.0. The molecular formula is C16H24O8. The van der Waals surface area contributed by atoms with Gasteiger partial charge in [-0.05, 0) is 24.6 Å². The van der Waals surface area contributed by atoms with Crippen LogP contribution in [0.1, 0.15) is 18.6 Å². The van der Waals surface area contributed by atoms with Crippen LogP contribution in [0.25, 0.3) is 0 Å². The fourth-order valence-electron chi connectivity index (χ4n) is 2.59. The van der Waals surface area contributed by atoms with Gasteiger partial charge in [0.25, 0.3) is 0 Å². The number of rotatable bonds is 6. The van der Waals surface area contributed by atoms with E-state index in [2.05, 4.69) is 0 Å². The molecule has 1 aromatic carbocycles. The minimum Gasteiger partial charge on any atom is -0.497 e. The van der Waals surface area contributed by atoms with Crippen molar-refractivity contribution in [2.75, 3.05) is 13.7 Å². The number of ether oxygens (including phenoxy) is 3. The molecule has 1 aromatic rings. The SMILES string of the molecule is COc1ccc([C@@H](O[C@@H]2O[C@@H](CO)[C@@H](O)[C@@H](O)[C@H]2O)[C@H](C)O)cc1. The molecule has 1 aliphatic heterocycles. The third-order valence-corrected chi connectivity index (χ3v) is 4.01. The molecule has 24 heavy (non-hydrogen) atoms. The number of benzene rings is 1. The van der Waals surface area contributed by atoms with Crippen LogP contribution in [-0.2, 0) is 9.47 Å². The van der Waals surface area contributed by atoms with E-state index in [0.717, 1.165) is 0 Å². The van der Waals surface area contributed by atoms with Crippen molar-refractivity contribution in [1.29, 1.82) is 0 Å². The van der Waals surface area contributed by atoms with E-state index >= 15 is 0 Å². The Morgan fingerprint density at radius 2 is 1.71 bits per heavy atom. The highest BCUT2D eigenvalue weighted by atomic mass is 16.7. The molecule has 1 heterocycles. The molecule has 1 saturated heterocycles. The van der Waals surface area contributed by atoms with Crippen molar-refractivity contribution >= 4 is 0 Å². The van der Waals surface area contributed by atoms with E-state index in [-0.39, 0.29) is 0 Å². The molecule has 8 heteroatoms. The lowest BCUT2D eigenvalue weighted by atomic mass is 9.99. The van der Waals surface area contributed by atoms with Crippen LogP contribution in [0.3, 0.4) is 0 Å². The zero-order valence-electron chi connectivity index (χ0n) is 13.5. The van der Waals surface area contributed by atoms with Gasteiger partial charge in [0.05, 0.1) is 19.8 Å².